The third kappa shape index (κ3) is 9.39. The third-order valence-electron chi connectivity index (χ3n) is 9.36. The molecule has 0 aromatic heterocycles. The molecule has 4 heteroatoms. The maximum absolute atomic E-state index is 5.44. The van der Waals surface area contributed by atoms with Crippen LogP contribution in [0.15, 0.2) is 69.3 Å². The van der Waals surface area contributed by atoms with E-state index in [0.717, 1.165) is 61.7 Å². The first-order valence-electron chi connectivity index (χ1n) is 16.7. The zero-order valence-electron chi connectivity index (χ0n) is 28.3. The first kappa shape index (κ1) is 33.8. The number of piperazine rings is 1. The van der Waals surface area contributed by atoms with E-state index in [1.807, 2.05) is 0 Å². The van der Waals surface area contributed by atoms with Crippen molar-refractivity contribution in [2.24, 2.45) is 21.8 Å². The highest BCUT2D eigenvalue weighted by Gasteiger charge is 2.18. The lowest BCUT2D eigenvalue weighted by atomic mass is 9.88. The molecule has 0 bridgehead atoms. The van der Waals surface area contributed by atoms with Crippen molar-refractivity contribution in [3.05, 3.63) is 70.5 Å². The number of allylic oxidation sites excluding steroid dienone is 6. The van der Waals surface area contributed by atoms with Gasteiger partial charge in [0.05, 0.1) is 11.4 Å². The van der Waals surface area contributed by atoms with Gasteiger partial charge in [0.25, 0.3) is 0 Å². The van der Waals surface area contributed by atoms with Gasteiger partial charge in [0, 0.05) is 48.9 Å². The zero-order chi connectivity index (χ0) is 30.6. The van der Waals surface area contributed by atoms with Crippen molar-refractivity contribution in [2.75, 3.05) is 32.7 Å². The van der Waals surface area contributed by atoms with Gasteiger partial charge in [0.1, 0.15) is 0 Å². The number of hydrogen-bond donors (Lipinski definition) is 0. The molecule has 0 N–H and O–H groups in total. The molecule has 2 fully saturated rings. The first-order chi connectivity index (χ1) is 20.2. The van der Waals surface area contributed by atoms with Crippen molar-refractivity contribution in [3.63, 3.8) is 0 Å². The number of aliphatic imine (C=N–C) groups is 2. The minimum absolute atomic E-state index is 0.358. The fraction of sp³-hybridized carbons (Fsp3) is 0.579. The molecule has 1 saturated carbocycles. The summed E-state index contributed by atoms with van der Waals surface area (Å²) in [6.45, 7) is 25.7. The van der Waals surface area contributed by atoms with Crippen LogP contribution in [0.4, 0.5) is 5.69 Å². The Kier molecular flexibility index (Phi) is 13.5. The number of nitrogens with zero attached hydrogens (tertiary/aromatic N) is 4. The van der Waals surface area contributed by atoms with Gasteiger partial charge < -0.3 is 4.90 Å². The monoisotopic (exact) mass is 570 g/mol. The van der Waals surface area contributed by atoms with Crippen molar-refractivity contribution >= 4 is 22.8 Å². The Morgan fingerprint density at radius 3 is 2.21 bits per heavy atom. The predicted octanol–water partition coefficient (Wildman–Crippen LogP) is 9.95. The van der Waals surface area contributed by atoms with Crippen molar-refractivity contribution in [3.8, 4) is 0 Å². The van der Waals surface area contributed by atoms with Gasteiger partial charge in [0.2, 0.25) is 0 Å². The predicted molar refractivity (Wildman–Crippen MR) is 186 cm³/mol. The first-order valence-corrected chi connectivity index (χ1v) is 16.7. The zero-order valence-corrected chi connectivity index (χ0v) is 28.3. The van der Waals surface area contributed by atoms with E-state index in [4.69, 9.17) is 9.98 Å². The van der Waals surface area contributed by atoms with E-state index in [1.165, 1.54) is 54.8 Å². The fourth-order valence-electron chi connectivity index (χ4n) is 5.48. The second kappa shape index (κ2) is 16.8. The van der Waals surface area contributed by atoms with Crippen LogP contribution in [-0.2, 0) is 0 Å². The fourth-order valence-corrected chi connectivity index (χ4v) is 5.48. The summed E-state index contributed by atoms with van der Waals surface area (Å²) in [6.07, 6.45) is 16.3. The number of rotatable bonds is 13. The molecule has 1 saturated heterocycles. The van der Waals surface area contributed by atoms with Crippen molar-refractivity contribution in [1.29, 1.82) is 0 Å². The SMILES string of the molecule is C\C=C(/C=C\C(=N\C(=C/C(C)=C1CCC1)c1ccc(C)c(/N=C(/C)C(C)CC)c1)C(C)CC)N1CCN(CCC)CC1. The van der Waals surface area contributed by atoms with E-state index in [9.17, 15) is 0 Å². The van der Waals surface area contributed by atoms with Gasteiger partial charge in [-0.15, -0.1) is 0 Å². The quantitative estimate of drug-likeness (QED) is 0.174. The van der Waals surface area contributed by atoms with Crippen LogP contribution in [0.2, 0.25) is 0 Å². The summed E-state index contributed by atoms with van der Waals surface area (Å²) in [5, 5.41) is 0. The summed E-state index contributed by atoms with van der Waals surface area (Å²) in [5.41, 5.74) is 11.0. The molecular formula is C38H58N4. The lowest BCUT2D eigenvalue weighted by molar-refractivity contribution is 0.162. The van der Waals surface area contributed by atoms with Crippen molar-refractivity contribution in [2.45, 2.75) is 101 Å². The molecule has 2 atom stereocenters. The Morgan fingerprint density at radius 1 is 0.952 bits per heavy atom. The van der Waals surface area contributed by atoms with E-state index in [1.54, 1.807) is 5.57 Å². The van der Waals surface area contributed by atoms with Crippen LogP contribution < -0.4 is 0 Å². The Bertz CT molecular complexity index is 1210. The highest BCUT2D eigenvalue weighted by molar-refractivity contribution is 6.00. The average molecular weight is 571 g/mol. The third-order valence-corrected chi connectivity index (χ3v) is 9.36. The second-order valence-corrected chi connectivity index (χ2v) is 12.5. The van der Waals surface area contributed by atoms with E-state index >= 15 is 0 Å². The smallest absolute Gasteiger partial charge is 0.0708 e. The molecule has 2 aliphatic rings. The lowest BCUT2D eigenvalue weighted by Gasteiger charge is -2.36. The van der Waals surface area contributed by atoms with E-state index < -0.39 is 0 Å². The van der Waals surface area contributed by atoms with Gasteiger partial charge in [0.15, 0.2) is 0 Å². The van der Waals surface area contributed by atoms with Gasteiger partial charge in [-0.3, -0.25) is 14.9 Å². The van der Waals surface area contributed by atoms with Crippen LogP contribution in [0, 0.1) is 18.8 Å². The van der Waals surface area contributed by atoms with Crippen LogP contribution in [0.3, 0.4) is 0 Å². The Morgan fingerprint density at radius 2 is 1.64 bits per heavy atom. The molecular weight excluding hydrogens is 512 g/mol. The Balaban J connectivity index is 2.02. The van der Waals surface area contributed by atoms with Crippen LogP contribution in [0.1, 0.15) is 105 Å². The Hall–Kier alpha value is -2.72. The highest BCUT2D eigenvalue weighted by Crippen LogP contribution is 2.33. The maximum Gasteiger partial charge on any atom is 0.0708 e. The normalized spacial score (nSPS) is 19.4. The minimum Gasteiger partial charge on any atom is -0.369 e. The van der Waals surface area contributed by atoms with Crippen LogP contribution in [0.5, 0.6) is 0 Å². The topological polar surface area (TPSA) is 31.2 Å². The van der Waals surface area contributed by atoms with Crippen molar-refractivity contribution in [1.82, 2.24) is 9.80 Å². The number of hydrogen-bond acceptors (Lipinski definition) is 4. The van der Waals surface area contributed by atoms with Gasteiger partial charge in [-0.25, -0.2) is 0 Å². The molecule has 1 aromatic rings. The molecule has 1 aliphatic heterocycles. The van der Waals surface area contributed by atoms with E-state index in [0.29, 0.717) is 11.8 Å². The molecule has 0 radical (unpaired) electrons. The van der Waals surface area contributed by atoms with Gasteiger partial charge in [-0.2, -0.15) is 0 Å². The molecule has 0 spiro atoms. The summed E-state index contributed by atoms with van der Waals surface area (Å²) in [6, 6.07) is 6.69. The van der Waals surface area contributed by atoms with Crippen LogP contribution in [-0.4, -0.2) is 53.9 Å². The molecule has 1 heterocycles. The molecule has 0 amide bonds. The largest absolute Gasteiger partial charge is 0.369 e. The summed E-state index contributed by atoms with van der Waals surface area (Å²) < 4.78 is 0. The van der Waals surface area contributed by atoms with Crippen LogP contribution in [0.25, 0.3) is 5.70 Å². The standard InChI is InChI=1S/C38H58N4/c1-10-21-41-22-24-42(25-23-41)35(13-4)19-20-36(29(6)12-3)40-38(26-31(8)33-15-14-16-33)34-18-17-30(7)37(27-34)39-32(9)28(5)11-2/h13,17-20,26-29H,10-12,14-16,21-25H2,1-9H3/b20-19-,35-13+,38-26-,39-32-,40-36-. The Labute approximate surface area is 258 Å². The molecule has 1 aliphatic carbocycles. The van der Waals surface area contributed by atoms with Gasteiger partial charge >= 0.3 is 0 Å². The van der Waals surface area contributed by atoms with Gasteiger partial charge in [-0.1, -0.05) is 58.4 Å². The minimum atomic E-state index is 0.358. The van der Waals surface area contributed by atoms with E-state index in [2.05, 4.69) is 115 Å². The maximum atomic E-state index is 5.44. The molecule has 4 nitrogen and oxygen atoms in total. The highest BCUT2D eigenvalue weighted by atomic mass is 15.3. The van der Waals surface area contributed by atoms with Crippen molar-refractivity contribution < 1.29 is 0 Å². The molecule has 3 rings (SSSR count). The molecule has 42 heavy (non-hydrogen) atoms. The summed E-state index contributed by atoms with van der Waals surface area (Å²) in [7, 11) is 0. The van der Waals surface area contributed by atoms with Crippen LogP contribution >= 0.6 is 0 Å². The molecule has 230 valence electrons. The summed E-state index contributed by atoms with van der Waals surface area (Å²) in [4.78, 5) is 15.6. The molecule has 1 aromatic carbocycles. The number of benzene rings is 1. The summed E-state index contributed by atoms with van der Waals surface area (Å²) in [5.74, 6) is 0.834. The van der Waals surface area contributed by atoms with E-state index in [-0.39, 0.29) is 0 Å². The second-order valence-electron chi connectivity index (χ2n) is 12.5. The summed E-state index contributed by atoms with van der Waals surface area (Å²) >= 11 is 0. The average Bonchev–Trinajstić information content (AvgIpc) is 2.96. The lowest BCUT2D eigenvalue weighted by Crippen LogP contribution is -2.45. The number of aryl methyl sites for hydroxylation is 1. The van der Waals surface area contributed by atoms with Gasteiger partial charge in [-0.05, 0) is 120 Å². The molecule has 2 unspecified atom stereocenters.